The minimum atomic E-state index is -3.74. The Bertz CT molecular complexity index is 1360. The van der Waals surface area contributed by atoms with Gasteiger partial charge in [-0.15, -0.1) is 0 Å². The second kappa shape index (κ2) is 9.36. The molecule has 0 fully saturated rings. The molecule has 33 heavy (non-hydrogen) atoms. The molecule has 1 amide bonds. The van der Waals surface area contributed by atoms with Crippen molar-refractivity contribution in [3.63, 3.8) is 0 Å². The van der Waals surface area contributed by atoms with Gasteiger partial charge in [-0.1, -0.05) is 17.4 Å². The molecule has 6 nitrogen and oxygen atoms in total. The van der Waals surface area contributed by atoms with Crippen LogP contribution in [0, 0.1) is 19.7 Å². The molecule has 0 atom stereocenters. The summed E-state index contributed by atoms with van der Waals surface area (Å²) in [6.45, 7) is 4.20. The fourth-order valence-corrected chi connectivity index (χ4v) is 5.61. The number of thiazole rings is 1. The second-order valence-corrected chi connectivity index (χ2v) is 10.8. The number of carbonyl (C=O) groups excluding carboxylic acids is 1. The molecule has 0 N–H and O–H groups in total. The van der Waals surface area contributed by atoms with Crippen molar-refractivity contribution >= 4 is 42.4 Å². The van der Waals surface area contributed by atoms with E-state index in [4.69, 9.17) is 0 Å². The van der Waals surface area contributed by atoms with Crippen LogP contribution in [-0.2, 0) is 21.2 Å². The SMILES string of the molecule is Cc1cc2nc(N(Cc3ccccn3)C(=O)CCS(=O)(=O)c3ccc(F)cc3)sc2cc1C. The first-order valence-corrected chi connectivity index (χ1v) is 12.8. The standard InChI is InChI=1S/C24H22FN3O3S2/c1-16-13-21-22(14-17(16)2)32-24(27-21)28(15-19-5-3-4-11-26-19)23(29)10-12-33(30,31)20-8-6-18(25)7-9-20/h3-9,11,13-14H,10,12,15H2,1-2H3. The van der Waals surface area contributed by atoms with Crippen molar-refractivity contribution in [1.29, 1.82) is 0 Å². The van der Waals surface area contributed by atoms with Crippen LogP contribution in [0.15, 0.2) is 65.7 Å². The van der Waals surface area contributed by atoms with E-state index in [1.54, 1.807) is 18.3 Å². The van der Waals surface area contributed by atoms with E-state index in [-0.39, 0.29) is 29.5 Å². The number of nitrogens with zero attached hydrogens (tertiary/aromatic N) is 3. The maximum atomic E-state index is 13.2. The summed E-state index contributed by atoms with van der Waals surface area (Å²) in [4.78, 5) is 23.7. The Morgan fingerprint density at radius 3 is 2.48 bits per heavy atom. The molecule has 0 radical (unpaired) electrons. The quantitative estimate of drug-likeness (QED) is 0.351. The summed E-state index contributed by atoms with van der Waals surface area (Å²) in [5.74, 6) is -1.29. The number of hydrogen-bond acceptors (Lipinski definition) is 6. The minimum absolute atomic E-state index is 0.0149. The second-order valence-electron chi connectivity index (χ2n) is 7.72. The molecule has 2 aromatic heterocycles. The predicted octanol–water partition coefficient (Wildman–Crippen LogP) is 4.84. The van der Waals surface area contributed by atoms with Gasteiger partial charge in [0.2, 0.25) is 5.91 Å². The maximum Gasteiger partial charge on any atom is 0.230 e. The molecule has 0 bridgehead atoms. The average molecular weight is 484 g/mol. The molecule has 9 heteroatoms. The van der Waals surface area contributed by atoms with Gasteiger partial charge in [0.05, 0.1) is 33.1 Å². The molecule has 0 aliphatic heterocycles. The van der Waals surface area contributed by atoms with Crippen LogP contribution in [-0.4, -0.2) is 30.0 Å². The van der Waals surface area contributed by atoms with Crippen LogP contribution < -0.4 is 4.90 Å². The molecule has 0 saturated heterocycles. The Hall–Kier alpha value is -3.17. The van der Waals surface area contributed by atoms with Gasteiger partial charge in [-0.05, 0) is 73.5 Å². The molecular formula is C24H22FN3O3S2. The highest BCUT2D eigenvalue weighted by Gasteiger charge is 2.24. The molecule has 0 spiro atoms. The van der Waals surface area contributed by atoms with Crippen molar-refractivity contribution in [3.05, 3.63) is 83.4 Å². The van der Waals surface area contributed by atoms with Crippen LogP contribution in [0.2, 0.25) is 0 Å². The van der Waals surface area contributed by atoms with E-state index < -0.39 is 15.7 Å². The van der Waals surface area contributed by atoms with Crippen molar-refractivity contribution in [2.24, 2.45) is 0 Å². The molecule has 0 unspecified atom stereocenters. The van der Waals surface area contributed by atoms with Crippen LogP contribution in [0.25, 0.3) is 10.2 Å². The Kier molecular flexibility index (Phi) is 6.53. The highest BCUT2D eigenvalue weighted by Crippen LogP contribution is 2.32. The van der Waals surface area contributed by atoms with Gasteiger partial charge in [0, 0.05) is 12.6 Å². The van der Waals surface area contributed by atoms with E-state index in [1.165, 1.54) is 28.4 Å². The molecule has 4 rings (SSSR count). The molecule has 4 aromatic rings. The first-order chi connectivity index (χ1) is 15.7. The molecule has 0 saturated carbocycles. The topological polar surface area (TPSA) is 80.2 Å². The molecule has 2 aromatic carbocycles. The molecular weight excluding hydrogens is 461 g/mol. The summed E-state index contributed by atoms with van der Waals surface area (Å²) < 4.78 is 39.4. The number of fused-ring (bicyclic) bond motifs is 1. The zero-order valence-corrected chi connectivity index (χ0v) is 19.8. The Labute approximate surface area is 195 Å². The highest BCUT2D eigenvalue weighted by atomic mass is 32.2. The van der Waals surface area contributed by atoms with Gasteiger partial charge < -0.3 is 0 Å². The van der Waals surface area contributed by atoms with Gasteiger partial charge in [0.15, 0.2) is 15.0 Å². The third kappa shape index (κ3) is 5.26. The maximum absolute atomic E-state index is 13.2. The first-order valence-electron chi connectivity index (χ1n) is 10.3. The van der Waals surface area contributed by atoms with Crippen LogP contribution in [0.1, 0.15) is 23.2 Å². The van der Waals surface area contributed by atoms with Gasteiger partial charge in [0.1, 0.15) is 5.82 Å². The minimum Gasteiger partial charge on any atom is -0.282 e. The Morgan fingerprint density at radius 2 is 1.79 bits per heavy atom. The Morgan fingerprint density at radius 1 is 1.06 bits per heavy atom. The number of amides is 1. The summed E-state index contributed by atoms with van der Waals surface area (Å²) in [7, 11) is -3.74. The van der Waals surface area contributed by atoms with Gasteiger partial charge in [-0.25, -0.2) is 17.8 Å². The number of pyridine rings is 1. The third-order valence-corrected chi connectivity index (χ3v) is 8.10. The zero-order valence-electron chi connectivity index (χ0n) is 18.2. The lowest BCUT2D eigenvalue weighted by Gasteiger charge is -2.19. The van der Waals surface area contributed by atoms with Gasteiger partial charge in [0.25, 0.3) is 0 Å². The summed E-state index contributed by atoms with van der Waals surface area (Å²) >= 11 is 1.38. The van der Waals surface area contributed by atoms with Crippen molar-refractivity contribution < 1.29 is 17.6 Å². The fourth-order valence-electron chi connectivity index (χ4n) is 3.32. The fraction of sp³-hybridized carbons (Fsp3) is 0.208. The van der Waals surface area contributed by atoms with E-state index in [0.29, 0.717) is 10.8 Å². The van der Waals surface area contributed by atoms with Gasteiger partial charge >= 0.3 is 0 Å². The molecule has 0 aliphatic rings. The van der Waals surface area contributed by atoms with Crippen molar-refractivity contribution in [1.82, 2.24) is 9.97 Å². The average Bonchev–Trinajstić information content (AvgIpc) is 3.19. The van der Waals surface area contributed by atoms with Gasteiger partial charge in [-0.2, -0.15) is 0 Å². The summed E-state index contributed by atoms with van der Waals surface area (Å²) in [6.07, 6.45) is 1.41. The van der Waals surface area contributed by atoms with Crippen LogP contribution in [0.5, 0.6) is 0 Å². The summed E-state index contributed by atoms with van der Waals surface area (Å²) in [5.41, 5.74) is 3.69. The number of benzene rings is 2. The van der Waals surface area contributed by atoms with E-state index in [9.17, 15) is 17.6 Å². The normalized spacial score (nSPS) is 11.6. The van der Waals surface area contributed by atoms with E-state index in [0.717, 1.165) is 33.5 Å². The number of hydrogen-bond donors (Lipinski definition) is 0. The largest absolute Gasteiger partial charge is 0.282 e. The number of aromatic nitrogens is 2. The number of carbonyl (C=O) groups is 1. The third-order valence-electron chi connectivity index (χ3n) is 5.33. The van der Waals surface area contributed by atoms with Crippen molar-refractivity contribution in [2.45, 2.75) is 31.7 Å². The zero-order chi connectivity index (χ0) is 23.6. The summed E-state index contributed by atoms with van der Waals surface area (Å²) in [5, 5.41) is 0.491. The van der Waals surface area contributed by atoms with Gasteiger partial charge in [-0.3, -0.25) is 14.7 Å². The molecule has 2 heterocycles. The smallest absolute Gasteiger partial charge is 0.230 e. The molecule has 170 valence electrons. The van der Waals surface area contributed by atoms with E-state index in [2.05, 4.69) is 9.97 Å². The summed E-state index contributed by atoms with van der Waals surface area (Å²) in [6, 6.07) is 14.0. The molecule has 0 aliphatic carbocycles. The monoisotopic (exact) mass is 483 g/mol. The number of aryl methyl sites for hydroxylation is 2. The Balaban J connectivity index is 1.62. The van der Waals surface area contributed by atoms with Crippen LogP contribution >= 0.6 is 11.3 Å². The lowest BCUT2D eigenvalue weighted by Crippen LogP contribution is -2.32. The number of halogens is 1. The highest BCUT2D eigenvalue weighted by molar-refractivity contribution is 7.91. The van der Waals surface area contributed by atoms with Crippen molar-refractivity contribution in [3.8, 4) is 0 Å². The number of rotatable bonds is 7. The number of anilines is 1. The lowest BCUT2D eigenvalue weighted by atomic mass is 10.1. The lowest BCUT2D eigenvalue weighted by molar-refractivity contribution is -0.118. The van der Waals surface area contributed by atoms with Crippen molar-refractivity contribution in [2.75, 3.05) is 10.7 Å². The van der Waals surface area contributed by atoms with E-state index in [1.807, 2.05) is 32.0 Å². The van der Waals surface area contributed by atoms with E-state index >= 15 is 0 Å². The predicted molar refractivity (Wildman–Crippen MR) is 128 cm³/mol. The van der Waals surface area contributed by atoms with Crippen LogP contribution in [0.4, 0.5) is 9.52 Å². The number of sulfone groups is 1. The van der Waals surface area contributed by atoms with Crippen LogP contribution in [0.3, 0.4) is 0 Å². The first kappa shape index (κ1) is 23.0.